The van der Waals surface area contributed by atoms with Gasteiger partial charge in [0.05, 0.1) is 30.1 Å². The Morgan fingerprint density at radius 3 is 2.79 bits per heavy atom. The molecule has 2 heterocycles. The van der Waals surface area contributed by atoms with E-state index >= 15 is 0 Å². The van der Waals surface area contributed by atoms with Gasteiger partial charge in [-0.15, -0.1) is 0 Å². The third-order valence-electron chi connectivity index (χ3n) is 4.08. The summed E-state index contributed by atoms with van der Waals surface area (Å²) in [6.45, 7) is 0.499. The lowest BCUT2D eigenvalue weighted by atomic mass is 9.93. The van der Waals surface area contributed by atoms with Gasteiger partial charge in [-0.1, -0.05) is 0 Å². The van der Waals surface area contributed by atoms with Crippen LogP contribution in [0.2, 0.25) is 0 Å². The van der Waals surface area contributed by atoms with Crippen LogP contribution in [0, 0.1) is 11.3 Å². The molecule has 0 fully saturated rings. The van der Waals surface area contributed by atoms with Crippen molar-refractivity contribution in [2.45, 2.75) is 12.6 Å². The molecular formula is C17H20N6O. The zero-order valence-corrected chi connectivity index (χ0v) is 13.6. The third kappa shape index (κ3) is 2.69. The highest BCUT2D eigenvalue weighted by Crippen LogP contribution is 2.38. The SMILES string of the molecule is CNc1ccc2c(c1)C(NCc1ccco1)C(C#N)=C(N)N2NC. The van der Waals surface area contributed by atoms with E-state index in [2.05, 4.69) is 22.1 Å². The molecule has 7 nitrogen and oxygen atoms in total. The van der Waals surface area contributed by atoms with Crippen molar-refractivity contribution in [3.05, 3.63) is 59.3 Å². The minimum absolute atomic E-state index is 0.312. The molecule has 7 heteroatoms. The number of nitriles is 1. The minimum atomic E-state index is -0.312. The number of nitrogens with two attached hydrogens (primary N) is 1. The van der Waals surface area contributed by atoms with Crippen LogP contribution >= 0.6 is 0 Å². The Morgan fingerprint density at radius 2 is 2.17 bits per heavy atom. The molecular weight excluding hydrogens is 304 g/mol. The van der Waals surface area contributed by atoms with E-state index in [0.29, 0.717) is 17.9 Å². The van der Waals surface area contributed by atoms with Crippen LogP contribution in [-0.2, 0) is 6.54 Å². The average Bonchev–Trinajstić information content (AvgIpc) is 3.12. The highest BCUT2D eigenvalue weighted by molar-refractivity contribution is 5.69. The number of benzene rings is 1. The van der Waals surface area contributed by atoms with E-state index in [1.807, 2.05) is 37.4 Å². The van der Waals surface area contributed by atoms with Gasteiger partial charge in [0, 0.05) is 25.3 Å². The summed E-state index contributed by atoms with van der Waals surface area (Å²) in [5, 5.41) is 17.9. The molecule has 0 bridgehead atoms. The predicted octanol–water partition coefficient (Wildman–Crippen LogP) is 1.80. The molecule has 0 radical (unpaired) electrons. The normalized spacial score (nSPS) is 16.7. The lowest BCUT2D eigenvalue weighted by Gasteiger charge is -2.35. The monoisotopic (exact) mass is 324 g/mol. The maximum Gasteiger partial charge on any atom is 0.134 e. The van der Waals surface area contributed by atoms with E-state index in [1.165, 1.54) is 0 Å². The second-order valence-electron chi connectivity index (χ2n) is 5.39. The molecule has 0 amide bonds. The van der Waals surface area contributed by atoms with Gasteiger partial charge < -0.3 is 15.5 Å². The number of nitrogens with one attached hydrogen (secondary N) is 3. The smallest absolute Gasteiger partial charge is 0.134 e. The Balaban J connectivity index is 2.03. The highest BCUT2D eigenvalue weighted by Gasteiger charge is 2.31. The molecule has 1 atom stereocenters. The molecule has 5 N–H and O–H groups in total. The number of anilines is 2. The number of hydrogen-bond acceptors (Lipinski definition) is 7. The molecule has 0 aliphatic carbocycles. The van der Waals surface area contributed by atoms with Gasteiger partial charge in [-0.2, -0.15) is 5.26 Å². The Bertz CT molecular complexity index is 790. The van der Waals surface area contributed by atoms with Gasteiger partial charge in [0.2, 0.25) is 0 Å². The van der Waals surface area contributed by atoms with Gasteiger partial charge in [0.15, 0.2) is 0 Å². The topological polar surface area (TPSA) is 102 Å². The van der Waals surface area contributed by atoms with E-state index in [-0.39, 0.29) is 6.04 Å². The van der Waals surface area contributed by atoms with Crippen molar-refractivity contribution in [1.82, 2.24) is 10.7 Å². The number of hydrogen-bond donors (Lipinski definition) is 4. The van der Waals surface area contributed by atoms with Crippen LogP contribution in [0.15, 0.2) is 52.4 Å². The largest absolute Gasteiger partial charge is 0.468 e. The summed E-state index contributed by atoms with van der Waals surface area (Å²) in [5.74, 6) is 1.19. The molecule has 1 aromatic heterocycles. The average molecular weight is 324 g/mol. The van der Waals surface area contributed by atoms with Crippen molar-refractivity contribution < 1.29 is 4.42 Å². The van der Waals surface area contributed by atoms with Crippen LogP contribution in [0.3, 0.4) is 0 Å². The summed E-state index contributed by atoms with van der Waals surface area (Å²) in [5.41, 5.74) is 12.6. The fourth-order valence-corrected chi connectivity index (χ4v) is 2.89. The maximum absolute atomic E-state index is 9.63. The van der Waals surface area contributed by atoms with E-state index in [0.717, 1.165) is 22.7 Å². The van der Waals surface area contributed by atoms with Crippen LogP contribution in [0.4, 0.5) is 11.4 Å². The highest BCUT2D eigenvalue weighted by atomic mass is 16.3. The van der Waals surface area contributed by atoms with E-state index < -0.39 is 0 Å². The van der Waals surface area contributed by atoms with Gasteiger partial charge in [-0.25, -0.2) is 5.43 Å². The summed E-state index contributed by atoms with van der Waals surface area (Å²) in [6.07, 6.45) is 1.63. The van der Waals surface area contributed by atoms with Crippen molar-refractivity contribution in [1.29, 1.82) is 5.26 Å². The Morgan fingerprint density at radius 1 is 1.33 bits per heavy atom. The fraction of sp³-hybridized carbons (Fsp3) is 0.235. The van der Waals surface area contributed by atoms with Crippen molar-refractivity contribution in [2.75, 3.05) is 24.4 Å². The molecule has 0 saturated heterocycles. The van der Waals surface area contributed by atoms with Crippen molar-refractivity contribution in [3.63, 3.8) is 0 Å². The van der Waals surface area contributed by atoms with Gasteiger partial charge in [-0.3, -0.25) is 10.3 Å². The maximum atomic E-state index is 9.63. The molecule has 1 aliphatic rings. The van der Waals surface area contributed by atoms with Crippen LogP contribution in [-0.4, -0.2) is 14.1 Å². The summed E-state index contributed by atoms with van der Waals surface area (Å²) in [6, 6.07) is 11.6. The van der Waals surface area contributed by atoms with Crippen molar-refractivity contribution >= 4 is 11.4 Å². The molecule has 3 rings (SSSR count). The summed E-state index contributed by atoms with van der Waals surface area (Å²) in [7, 11) is 3.63. The van der Waals surface area contributed by atoms with E-state index in [4.69, 9.17) is 10.2 Å². The summed E-state index contributed by atoms with van der Waals surface area (Å²) >= 11 is 0. The lowest BCUT2D eigenvalue weighted by molar-refractivity contribution is 0.465. The molecule has 1 aliphatic heterocycles. The fourth-order valence-electron chi connectivity index (χ4n) is 2.89. The van der Waals surface area contributed by atoms with Gasteiger partial charge in [0.25, 0.3) is 0 Å². The quantitative estimate of drug-likeness (QED) is 0.665. The number of fused-ring (bicyclic) bond motifs is 1. The van der Waals surface area contributed by atoms with Crippen LogP contribution in [0.1, 0.15) is 17.4 Å². The van der Waals surface area contributed by atoms with E-state index in [1.54, 1.807) is 18.3 Å². The van der Waals surface area contributed by atoms with Gasteiger partial charge >= 0.3 is 0 Å². The zero-order valence-electron chi connectivity index (χ0n) is 13.6. The number of nitrogens with zero attached hydrogens (tertiary/aromatic N) is 2. The number of furan rings is 1. The first-order chi connectivity index (χ1) is 11.7. The Kier molecular flexibility index (Phi) is 4.42. The van der Waals surface area contributed by atoms with Crippen LogP contribution < -0.4 is 26.8 Å². The first-order valence-corrected chi connectivity index (χ1v) is 7.64. The minimum Gasteiger partial charge on any atom is -0.468 e. The molecule has 1 unspecified atom stereocenters. The zero-order chi connectivity index (χ0) is 17.1. The molecule has 0 spiro atoms. The Labute approximate surface area is 140 Å². The second kappa shape index (κ2) is 6.66. The predicted molar refractivity (Wildman–Crippen MR) is 92.6 cm³/mol. The summed E-state index contributed by atoms with van der Waals surface area (Å²) < 4.78 is 5.37. The first-order valence-electron chi connectivity index (χ1n) is 7.64. The Hall–Kier alpha value is -2.95. The third-order valence-corrected chi connectivity index (χ3v) is 4.08. The molecule has 2 aromatic rings. The van der Waals surface area contributed by atoms with Crippen molar-refractivity contribution in [2.24, 2.45) is 5.73 Å². The van der Waals surface area contributed by atoms with Gasteiger partial charge in [-0.05, 0) is 30.3 Å². The van der Waals surface area contributed by atoms with Gasteiger partial charge in [0.1, 0.15) is 17.7 Å². The molecule has 124 valence electrons. The lowest BCUT2D eigenvalue weighted by Crippen LogP contribution is -2.44. The van der Waals surface area contributed by atoms with E-state index in [9.17, 15) is 5.26 Å². The summed E-state index contributed by atoms with van der Waals surface area (Å²) in [4.78, 5) is 0. The van der Waals surface area contributed by atoms with Crippen molar-refractivity contribution in [3.8, 4) is 6.07 Å². The molecule has 24 heavy (non-hydrogen) atoms. The van der Waals surface area contributed by atoms with Crippen LogP contribution in [0.5, 0.6) is 0 Å². The number of hydrazine groups is 1. The second-order valence-corrected chi connectivity index (χ2v) is 5.39. The number of rotatable bonds is 5. The standard InChI is InChI=1S/C17H20N6O/c1-20-11-5-6-15-13(8-11)16(22-10-12-4-3-7-24-12)14(9-18)17(19)23(15)21-2/h3-8,16,20-22H,10,19H2,1-2H3. The molecule has 1 aromatic carbocycles. The molecule has 0 saturated carbocycles. The first kappa shape index (κ1) is 15.9. The van der Waals surface area contributed by atoms with Crippen LogP contribution in [0.25, 0.3) is 0 Å².